The summed E-state index contributed by atoms with van der Waals surface area (Å²) in [5, 5.41) is 11.3. The minimum absolute atomic E-state index is 0.162. The lowest BCUT2D eigenvalue weighted by atomic mass is 9.56. The molecule has 2 aliphatic heterocycles. The monoisotopic (exact) mass is 253 g/mol. The molecule has 0 radical (unpaired) electrons. The van der Waals surface area contributed by atoms with E-state index >= 15 is 0 Å². The summed E-state index contributed by atoms with van der Waals surface area (Å²) in [7, 11) is 0. The molecule has 0 aromatic carbocycles. The molecule has 3 heteroatoms. The van der Waals surface area contributed by atoms with Crippen LogP contribution in [0.15, 0.2) is 0 Å². The molecule has 6 unspecified atom stereocenters. The summed E-state index contributed by atoms with van der Waals surface area (Å²) >= 11 is 0. The number of hydrogen-bond donors (Lipinski definition) is 2. The van der Waals surface area contributed by atoms with Crippen molar-refractivity contribution in [3.05, 3.63) is 0 Å². The second-order valence-electron chi connectivity index (χ2n) is 7.12. The molecular formula is C15H27NO2. The molecule has 18 heavy (non-hydrogen) atoms. The Labute approximate surface area is 110 Å². The first-order chi connectivity index (χ1) is 8.51. The summed E-state index contributed by atoms with van der Waals surface area (Å²) in [6.45, 7) is 5.15. The molecule has 104 valence electrons. The second kappa shape index (κ2) is 4.19. The van der Waals surface area contributed by atoms with Crippen LogP contribution in [0, 0.1) is 17.3 Å². The van der Waals surface area contributed by atoms with E-state index in [1.807, 2.05) is 0 Å². The number of hydrogen-bond acceptors (Lipinski definition) is 3. The molecule has 2 bridgehead atoms. The normalized spacial score (nSPS) is 56.0. The van der Waals surface area contributed by atoms with E-state index in [4.69, 9.17) is 10.5 Å². The van der Waals surface area contributed by atoms with Crippen molar-refractivity contribution in [2.45, 2.75) is 70.2 Å². The number of fused-ring (bicyclic) bond motifs is 2. The first-order valence-electron chi connectivity index (χ1n) is 7.59. The third kappa shape index (κ3) is 1.60. The van der Waals surface area contributed by atoms with Crippen molar-refractivity contribution in [2.24, 2.45) is 23.0 Å². The zero-order valence-electron chi connectivity index (χ0n) is 11.7. The Kier molecular flexibility index (Phi) is 3.00. The van der Waals surface area contributed by atoms with E-state index in [-0.39, 0.29) is 11.5 Å². The van der Waals surface area contributed by atoms with Crippen LogP contribution in [0.3, 0.4) is 0 Å². The summed E-state index contributed by atoms with van der Waals surface area (Å²) < 4.78 is 6.02. The van der Waals surface area contributed by atoms with Crippen LogP contribution in [0.25, 0.3) is 0 Å². The van der Waals surface area contributed by atoms with Crippen molar-refractivity contribution in [3.8, 4) is 0 Å². The third-order valence-corrected chi connectivity index (χ3v) is 6.25. The van der Waals surface area contributed by atoms with Crippen LogP contribution in [0.4, 0.5) is 0 Å². The average Bonchev–Trinajstić information content (AvgIpc) is 2.95. The highest BCUT2D eigenvalue weighted by Gasteiger charge is 2.62. The maximum absolute atomic E-state index is 11.3. The van der Waals surface area contributed by atoms with Crippen LogP contribution < -0.4 is 5.73 Å². The Morgan fingerprint density at radius 2 is 1.94 bits per heavy atom. The maximum Gasteiger partial charge on any atom is 0.0744 e. The standard InChI is InChI=1S/C15H27NO2/c1-10-5-6-15(17,7-11(10)2)14(9-16)8-12-3-4-13(14)18-12/h10-13,17H,3-9,16H2,1-2H3. The van der Waals surface area contributed by atoms with Gasteiger partial charge < -0.3 is 15.6 Å². The highest BCUT2D eigenvalue weighted by atomic mass is 16.5. The van der Waals surface area contributed by atoms with E-state index < -0.39 is 5.60 Å². The maximum atomic E-state index is 11.3. The first kappa shape index (κ1) is 12.9. The van der Waals surface area contributed by atoms with Gasteiger partial charge in [0.05, 0.1) is 17.8 Å². The molecule has 0 aromatic rings. The van der Waals surface area contributed by atoms with Crippen LogP contribution in [-0.2, 0) is 4.74 Å². The van der Waals surface area contributed by atoms with Crippen molar-refractivity contribution >= 4 is 0 Å². The van der Waals surface area contributed by atoms with Crippen molar-refractivity contribution in [1.82, 2.24) is 0 Å². The van der Waals surface area contributed by atoms with Crippen molar-refractivity contribution in [2.75, 3.05) is 6.54 Å². The quantitative estimate of drug-likeness (QED) is 0.792. The van der Waals surface area contributed by atoms with Gasteiger partial charge in [0, 0.05) is 12.0 Å². The van der Waals surface area contributed by atoms with Crippen LogP contribution in [-0.4, -0.2) is 29.5 Å². The van der Waals surface area contributed by atoms with Crippen molar-refractivity contribution in [3.63, 3.8) is 0 Å². The summed E-state index contributed by atoms with van der Waals surface area (Å²) in [5.41, 5.74) is 5.36. The van der Waals surface area contributed by atoms with Crippen molar-refractivity contribution in [1.29, 1.82) is 0 Å². The fraction of sp³-hybridized carbons (Fsp3) is 1.00. The minimum Gasteiger partial charge on any atom is -0.389 e. The number of nitrogens with two attached hydrogens (primary N) is 1. The fourth-order valence-corrected chi connectivity index (χ4v) is 4.73. The molecule has 6 atom stereocenters. The lowest BCUT2D eigenvalue weighted by Crippen LogP contribution is -2.60. The molecule has 0 amide bonds. The van der Waals surface area contributed by atoms with Gasteiger partial charge in [-0.2, -0.15) is 0 Å². The molecule has 1 saturated carbocycles. The van der Waals surface area contributed by atoms with Gasteiger partial charge in [0.25, 0.3) is 0 Å². The Morgan fingerprint density at radius 1 is 1.17 bits per heavy atom. The number of rotatable bonds is 2. The Balaban J connectivity index is 1.87. The van der Waals surface area contributed by atoms with E-state index in [1.54, 1.807) is 0 Å². The van der Waals surface area contributed by atoms with Gasteiger partial charge >= 0.3 is 0 Å². The summed E-state index contributed by atoms with van der Waals surface area (Å²) in [4.78, 5) is 0. The molecule has 3 nitrogen and oxygen atoms in total. The second-order valence-corrected chi connectivity index (χ2v) is 7.12. The Morgan fingerprint density at radius 3 is 2.44 bits per heavy atom. The average molecular weight is 253 g/mol. The molecule has 0 aromatic heterocycles. The highest BCUT2D eigenvalue weighted by molar-refractivity contribution is 5.13. The molecule has 3 aliphatic rings. The van der Waals surface area contributed by atoms with Crippen LogP contribution in [0.1, 0.15) is 52.4 Å². The third-order valence-electron chi connectivity index (χ3n) is 6.25. The molecule has 3 fully saturated rings. The number of ether oxygens (including phenoxy) is 1. The fourth-order valence-electron chi connectivity index (χ4n) is 4.73. The predicted molar refractivity (Wildman–Crippen MR) is 71.1 cm³/mol. The largest absolute Gasteiger partial charge is 0.389 e. The van der Waals surface area contributed by atoms with E-state index in [0.717, 1.165) is 44.4 Å². The molecule has 3 rings (SSSR count). The van der Waals surface area contributed by atoms with E-state index in [2.05, 4.69) is 13.8 Å². The van der Waals surface area contributed by atoms with Crippen LogP contribution >= 0.6 is 0 Å². The molecule has 2 heterocycles. The lowest BCUT2D eigenvalue weighted by molar-refractivity contribution is -0.147. The van der Waals surface area contributed by atoms with Gasteiger partial charge in [0.2, 0.25) is 0 Å². The SMILES string of the molecule is CC1CCC(O)(C2(CN)CC3CCC2O3)CC1C. The predicted octanol–water partition coefficient (Wildman–Crippen LogP) is 2.07. The topological polar surface area (TPSA) is 55.5 Å². The number of aliphatic hydroxyl groups is 1. The highest BCUT2D eigenvalue weighted by Crippen LogP contribution is 2.57. The van der Waals surface area contributed by atoms with Gasteiger partial charge in [-0.25, -0.2) is 0 Å². The molecular weight excluding hydrogens is 226 g/mol. The molecule has 3 N–H and O–H groups in total. The van der Waals surface area contributed by atoms with Gasteiger partial charge in [0.15, 0.2) is 0 Å². The Hall–Kier alpha value is -0.120. The van der Waals surface area contributed by atoms with E-state index in [0.29, 0.717) is 18.6 Å². The van der Waals surface area contributed by atoms with E-state index in [1.165, 1.54) is 0 Å². The van der Waals surface area contributed by atoms with E-state index in [9.17, 15) is 5.11 Å². The smallest absolute Gasteiger partial charge is 0.0744 e. The summed E-state index contributed by atoms with van der Waals surface area (Å²) in [5.74, 6) is 1.31. The van der Waals surface area contributed by atoms with Crippen molar-refractivity contribution < 1.29 is 9.84 Å². The molecule has 2 saturated heterocycles. The molecule has 1 aliphatic carbocycles. The van der Waals surface area contributed by atoms with Gasteiger partial charge in [-0.05, 0) is 50.4 Å². The lowest BCUT2D eigenvalue weighted by Gasteiger charge is -2.52. The summed E-state index contributed by atoms with van der Waals surface area (Å²) in [6.07, 6.45) is 6.72. The molecule has 0 spiro atoms. The van der Waals surface area contributed by atoms with Gasteiger partial charge in [-0.3, -0.25) is 0 Å². The van der Waals surface area contributed by atoms with Gasteiger partial charge in [-0.15, -0.1) is 0 Å². The van der Waals surface area contributed by atoms with Gasteiger partial charge in [-0.1, -0.05) is 13.8 Å². The van der Waals surface area contributed by atoms with Crippen LogP contribution in [0.2, 0.25) is 0 Å². The van der Waals surface area contributed by atoms with Crippen LogP contribution in [0.5, 0.6) is 0 Å². The van der Waals surface area contributed by atoms with Gasteiger partial charge in [0.1, 0.15) is 0 Å². The first-order valence-corrected chi connectivity index (χ1v) is 7.59. The Bertz CT molecular complexity index is 334. The zero-order chi connectivity index (χ0) is 13.0. The summed E-state index contributed by atoms with van der Waals surface area (Å²) in [6, 6.07) is 0. The minimum atomic E-state index is -0.590. The zero-order valence-corrected chi connectivity index (χ0v) is 11.7.